The molecule has 0 saturated carbocycles. The zero-order valence-corrected chi connectivity index (χ0v) is 11.4. The number of unbranched alkanes of at least 4 members (excludes halogenated alkanes) is 1. The first-order chi connectivity index (χ1) is 9.02. The first-order valence-corrected chi connectivity index (χ1v) is 6.39. The second-order valence-corrected chi connectivity index (χ2v) is 4.56. The molecule has 0 spiro atoms. The lowest BCUT2D eigenvalue weighted by molar-refractivity contribution is -0.137. The molecule has 1 amide bonds. The molecule has 0 saturated heterocycles. The van der Waals surface area contributed by atoms with E-state index in [2.05, 4.69) is 4.98 Å². The van der Waals surface area contributed by atoms with E-state index in [0.29, 0.717) is 19.3 Å². The quantitative estimate of drug-likeness (QED) is 0.767. The van der Waals surface area contributed by atoms with Crippen LogP contribution in [0.1, 0.15) is 44.2 Å². The van der Waals surface area contributed by atoms with Gasteiger partial charge in [-0.15, -0.1) is 0 Å². The fourth-order valence-corrected chi connectivity index (χ4v) is 1.81. The molecule has 0 bridgehead atoms. The molecule has 1 rings (SSSR count). The van der Waals surface area contributed by atoms with Crippen LogP contribution >= 0.6 is 0 Å². The van der Waals surface area contributed by atoms with Crippen molar-refractivity contribution in [2.24, 2.45) is 0 Å². The topological polar surface area (TPSA) is 70.5 Å². The number of aliphatic carboxylic acids is 1. The highest BCUT2D eigenvalue weighted by atomic mass is 16.4. The van der Waals surface area contributed by atoms with Gasteiger partial charge in [0, 0.05) is 32.3 Å². The van der Waals surface area contributed by atoms with E-state index >= 15 is 0 Å². The molecule has 1 aromatic heterocycles. The predicted molar refractivity (Wildman–Crippen MR) is 71.5 cm³/mol. The van der Waals surface area contributed by atoms with Gasteiger partial charge in [0.15, 0.2) is 0 Å². The monoisotopic (exact) mass is 264 g/mol. The van der Waals surface area contributed by atoms with Crippen LogP contribution in [0.5, 0.6) is 0 Å². The van der Waals surface area contributed by atoms with Crippen molar-refractivity contribution < 1.29 is 14.7 Å². The Hall–Kier alpha value is -1.91. The summed E-state index contributed by atoms with van der Waals surface area (Å²) in [5, 5.41) is 8.52. The van der Waals surface area contributed by atoms with Crippen molar-refractivity contribution in [3.05, 3.63) is 30.1 Å². The molecular weight excluding hydrogens is 244 g/mol. The largest absolute Gasteiger partial charge is 0.481 e. The minimum atomic E-state index is -0.814. The van der Waals surface area contributed by atoms with Crippen LogP contribution in [0.25, 0.3) is 0 Å². The third-order valence-corrected chi connectivity index (χ3v) is 3.19. The molecule has 19 heavy (non-hydrogen) atoms. The van der Waals surface area contributed by atoms with Crippen LogP contribution in [0.15, 0.2) is 24.5 Å². The molecule has 1 unspecified atom stereocenters. The third-order valence-electron chi connectivity index (χ3n) is 3.19. The molecule has 0 aromatic carbocycles. The molecule has 1 N–H and O–H groups in total. The summed E-state index contributed by atoms with van der Waals surface area (Å²) in [4.78, 5) is 28.0. The molecule has 0 fully saturated rings. The molecule has 0 radical (unpaired) electrons. The summed E-state index contributed by atoms with van der Waals surface area (Å²) in [5.74, 6) is -0.777. The van der Waals surface area contributed by atoms with E-state index in [1.165, 1.54) is 0 Å². The highest BCUT2D eigenvalue weighted by Crippen LogP contribution is 2.18. The maximum atomic E-state index is 12.0. The van der Waals surface area contributed by atoms with Crippen molar-refractivity contribution in [3.8, 4) is 0 Å². The zero-order valence-electron chi connectivity index (χ0n) is 11.4. The van der Waals surface area contributed by atoms with E-state index in [0.717, 1.165) is 5.56 Å². The van der Waals surface area contributed by atoms with Gasteiger partial charge in [-0.25, -0.2) is 0 Å². The molecule has 0 aliphatic carbocycles. The SMILES string of the molecule is CC(c1ccncc1)N(C)C(=O)CCCCC(=O)O. The summed E-state index contributed by atoms with van der Waals surface area (Å²) >= 11 is 0. The normalized spacial score (nSPS) is 11.9. The van der Waals surface area contributed by atoms with Gasteiger partial charge in [0.2, 0.25) is 5.91 Å². The molecule has 1 atom stereocenters. The van der Waals surface area contributed by atoms with Crippen LogP contribution in [0.4, 0.5) is 0 Å². The Morgan fingerprint density at radius 1 is 1.26 bits per heavy atom. The molecule has 5 nitrogen and oxygen atoms in total. The van der Waals surface area contributed by atoms with Crippen molar-refractivity contribution >= 4 is 11.9 Å². The van der Waals surface area contributed by atoms with Gasteiger partial charge in [0.25, 0.3) is 0 Å². The fraction of sp³-hybridized carbons (Fsp3) is 0.500. The highest BCUT2D eigenvalue weighted by molar-refractivity contribution is 5.76. The van der Waals surface area contributed by atoms with Gasteiger partial charge in [-0.05, 0) is 37.5 Å². The molecule has 1 heterocycles. The van der Waals surface area contributed by atoms with Gasteiger partial charge in [-0.2, -0.15) is 0 Å². The summed E-state index contributed by atoms with van der Waals surface area (Å²) < 4.78 is 0. The molecule has 0 aliphatic rings. The fourth-order valence-electron chi connectivity index (χ4n) is 1.81. The number of carbonyl (C=O) groups excluding carboxylic acids is 1. The van der Waals surface area contributed by atoms with E-state index in [1.54, 1.807) is 24.3 Å². The van der Waals surface area contributed by atoms with Crippen LogP contribution in [-0.4, -0.2) is 33.9 Å². The Bertz CT molecular complexity index is 420. The predicted octanol–water partition coefficient (Wildman–Crippen LogP) is 2.25. The Morgan fingerprint density at radius 3 is 2.42 bits per heavy atom. The van der Waals surface area contributed by atoms with Crippen molar-refractivity contribution in [2.45, 2.75) is 38.6 Å². The number of amides is 1. The number of hydrogen-bond donors (Lipinski definition) is 1. The number of carbonyl (C=O) groups is 2. The number of pyridine rings is 1. The maximum Gasteiger partial charge on any atom is 0.303 e. The van der Waals surface area contributed by atoms with Gasteiger partial charge in [-0.3, -0.25) is 14.6 Å². The van der Waals surface area contributed by atoms with Crippen molar-refractivity contribution in [2.75, 3.05) is 7.05 Å². The lowest BCUT2D eigenvalue weighted by atomic mass is 10.1. The Labute approximate surface area is 113 Å². The number of hydrogen-bond acceptors (Lipinski definition) is 3. The minimum absolute atomic E-state index is 0.00465. The summed E-state index contributed by atoms with van der Waals surface area (Å²) in [5.41, 5.74) is 1.04. The second kappa shape index (κ2) is 7.51. The standard InChI is InChI=1S/C14H20N2O3/c1-11(12-7-9-15-10-8-12)16(2)13(17)5-3-4-6-14(18)19/h7-11H,3-6H2,1-2H3,(H,18,19). The molecular formula is C14H20N2O3. The lowest BCUT2D eigenvalue weighted by Gasteiger charge is -2.25. The van der Waals surface area contributed by atoms with Crippen LogP contribution in [0, 0.1) is 0 Å². The average Bonchev–Trinajstić information content (AvgIpc) is 2.42. The van der Waals surface area contributed by atoms with Crippen molar-refractivity contribution in [1.82, 2.24) is 9.88 Å². The molecule has 5 heteroatoms. The Balaban J connectivity index is 2.42. The number of nitrogens with zero attached hydrogens (tertiary/aromatic N) is 2. The van der Waals surface area contributed by atoms with Gasteiger partial charge in [0.1, 0.15) is 0 Å². The van der Waals surface area contributed by atoms with Gasteiger partial charge >= 0.3 is 5.97 Å². The van der Waals surface area contributed by atoms with E-state index < -0.39 is 5.97 Å². The number of rotatable bonds is 7. The summed E-state index contributed by atoms with van der Waals surface area (Å²) in [6.45, 7) is 1.96. The summed E-state index contributed by atoms with van der Waals surface area (Å²) in [6, 6.07) is 3.77. The molecule has 104 valence electrons. The number of aromatic nitrogens is 1. The maximum absolute atomic E-state index is 12.0. The first-order valence-electron chi connectivity index (χ1n) is 6.39. The molecule has 1 aromatic rings. The van der Waals surface area contributed by atoms with Crippen LogP contribution in [-0.2, 0) is 9.59 Å². The zero-order chi connectivity index (χ0) is 14.3. The van der Waals surface area contributed by atoms with Crippen molar-refractivity contribution in [3.63, 3.8) is 0 Å². The van der Waals surface area contributed by atoms with Gasteiger partial charge < -0.3 is 10.0 Å². The van der Waals surface area contributed by atoms with E-state index in [1.807, 2.05) is 19.1 Å². The number of carboxylic acid groups (broad SMARTS) is 1. The Kier molecular flexibility index (Phi) is 5.99. The van der Waals surface area contributed by atoms with E-state index in [9.17, 15) is 9.59 Å². The number of carboxylic acids is 1. The third kappa shape index (κ3) is 5.07. The van der Waals surface area contributed by atoms with Crippen molar-refractivity contribution in [1.29, 1.82) is 0 Å². The second-order valence-electron chi connectivity index (χ2n) is 4.56. The summed E-state index contributed by atoms with van der Waals surface area (Å²) in [7, 11) is 1.77. The Morgan fingerprint density at radius 2 is 1.84 bits per heavy atom. The first kappa shape index (κ1) is 15.1. The van der Waals surface area contributed by atoms with Crippen LogP contribution in [0.3, 0.4) is 0 Å². The van der Waals surface area contributed by atoms with E-state index in [4.69, 9.17) is 5.11 Å². The molecule has 0 aliphatic heterocycles. The minimum Gasteiger partial charge on any atom is -0.481 e. The van der Waals surface area contributed by atoms with Crippen LogP contribution < -0.4 is 0 Å². The van der Waals surface area contributed by atoms with Crippen LogP contribution in [0.2, 0.25) is 0 Å². The van der Waals surface area contributed by atoms with Gasteiger partial charge in [0.05, 0.1) is 6.04 Å². The summed E-state index contributed by atoms with van der Waals surface area (Å²) in [6.07, 6.45) is 5.07. The van der Waals surface area contributed by atoms with E-state index in [-0.39, 0.29) is 18.4 Å². The smallest absolute Gasteiger partial charge is 0.303 e. The average molecular weight is 264 g/mol. The van der Waals surface area contributed by atoms with Gasteiger partial charge in [-0.1, -0.05) is 0 Å². The highest BCUT2D eigenvalue weighted by Gasteiger charge is 2.16. The lowest BCUT2D eigenvalue weighted by Crippen LogP contribution is -2.29.